The summed E-state index contributed by atoms with van der Waals surface area (Å²) in [7, 11) is 0. The SMILES string of the molecule is Cc1c(C#N)cccc1-c1cc(Cl)nc(N)n1. The Labute approximate surface area is 104 Å². The smallest absolute Gasteiger partial charge is 0.221 e. The summed E-state index contributed by atoms with van der Waals surface area (Å²) in [5.41, 5.74) is 8.46. The summed E-state index contributed by atoms with van der Waals surface area (Å²) < 4.78 is 0. The van der Waals surface area contributed by atoms with E-state index in [-0.39, 0.29) is 11.1 Å². The lowest BCUT2D eigenvalue weighted by atomic mass is 10.0. The largest absolute Gasteiger partial charge is 0.368 e. The molecular weight excluding hydrogens is 236 g/mol. The van der Waals surface area contributed by atoms with Gasteiger partial charge in [-0.15, -0.1) is 0 Å². The van der Waals surface area contributed by atoms with Crippen LogP contribution < -0.4 is 5.73 Å². The highest BCUT2D eigenvalue weighted by Crippen LogP contribution is 2.25. The van der Waals surface area contributed by atoms with Crippen LogP contribution in [0.4, 0.5) is 5.95 Å². The van der Waals surface area contributed by atoms with Crippen LogP contribution in [0.15, 0.2) is 24.3 Å². The van der Waals surface area contributed by atoms with Gasteiger partial charge in [-0.05, 0) is 18.6 Å². The van der Waals surface area contributed by atoms with Crippen LogP contribution in [0, 0.1) is 18.3 Å². The second-order valence-electron chi connectivity index (χ2n) is 3.52. The van der Waals surface area contributed by atoms with E-state index in [1.165, 1.54) is 0 Å². The maximum Gasteiger partial charge on any atom is 0.221 e. The molecule has 1 aromatic heterocycles. The third-order valence-electron chi connectivity index (χ3n) is 2.44. The fraction of sp³-hybridized carbons (Fsp3) is 0.0833. The molecule has 0 atom stereocenters. The molecule has 84 valence electrons. The van der Waals surface area contributed by atoms with Crippen molar-refractivity contribution in [1.82, 2.24) is 9.97 Å². The second kappa shape index (κ2) is 4.40. The number of hydrogen-bond donors (Lipinski definition) is 1. The molecule has 4 nitrogen and oxygen atoms in total. The number of nitrogens with two attached hydrogens (primary N) is 1. The van der Waals surface area contributed by atoms with Crippen molar-refractivity contribution in [2.24, 2.45) is 0 Å². The van der Waals surface area contributed by atoms with Crippen LogP contribution in [0.2, 0.25) is 5.15 Å². The van der Waals surface area contributed by atoms with Gasteiger partial charge in [0.15, 0.2) is 0 Å². The molecular formula is C12H9ClN4. The lowest BCUT2D eigenvalue weighted by Gasteiger charge is -2.07. The summed E-state index contributed by atoms with van der Waals surface area (Å²) in [6.45, 7) is 1.86. The molecule has 1 aromatic carbocycles. The maximum atomic E-state index is 8.97. The Morgan fingerprint density at radius 1 is 1.35 bits per heavy atom. The predicted molar refractivity (Wildman–Crippen MR) is 66.3 cm³/mol. The Hall–Kier alpha value is -2.12. The van der Waals surface area contributed by atoms with Crippen LogP contribution in [-0.2, 0) is 0 Å². The molecule has 17 heavy (non-hydrogen) atoms. The number of nitrogens with zero attached hydrogens (tertiary/aromatic N) is 3. The quantitative estimate of drug-likeness (QED) is 0.783. The first-order valence-corrected chi connectivity index (χ1v) is 5.30. The molecule has 2 aromatic rings. The Balaban J connectivity index is 2.65. The van der Waals surface area contributed by atoms with Gasteiger partial charge in [-0.2, -0.15) is 5.26 Å². The molecule has 2 rings (SSSR count). The summed E-state index contributed by atoms with van der Waals surface area (Å²) in [5.74, 6) is 0.120. The van der Waals surface area contributed by atoms with Crippen LogP contribution in [0.1, 0.15) is 11.1 Å². The summed E-state index contributed by atoms with van der Waals surface area (Å²) in [4.78, 5) is 7.91. The highest BCUT2D eigenvalue weighted by atomic mass is 35.5. The van der Waals surface area contributed by atoms with Crippen molar-refractivity contribution in [2.45, 2.75) is 6.92 Å². The van der Waals surface area contributed by atoms with E-state index < -0.39 is 0 Å². The number of halogens is 1. The van der Waals surface area contributed by atoms with Gasteiger partial charge < -0.3 is 5.73 Å². The molecule has 0 radical (unpaired) electrons. The number of hydrogen-bond acceptors (Lipinski definition) is 4. The van der Waals surface area contributed by atoms with E-state index in [4.69, 9.17) is 22.6 Å². The summed E-state index contributed by atoms with van der Waals surface area (Å²) in [6, 6.07) is 9.18. The zero-order valence-electron chi connectivity index (χ0n) is 9.11. The van der Waals surface area contributed by atoms with Gasteiger partial charge >= 0.3 is 0 Å². The molecule has 1 heterocycles. The molecule has 0 bridgehead atoms. The molecule has 0 aliphatic rings. The number of aromatic nitrogens is 2. The van der Waals surface area contributed by atoms with Crippen LogP contribution in [0.3, 0.4) is 0 Å². The van der Waals surface area contributed by atoms with E-state index in [0.717, 1.165) is 11.1 Å². The minimum absolute atomic E-state index is 0.120. The Bertz CT molecular complexity index is 596. The minimum atomic E-state index is 0.120. The normalized spacial score (nSPS) is 9.94. The van der Waals surface area contributed by atoms with Crippen molar-refractivity contribution in [3.63, 3.8) is 0 Å². The molecule has 2 N–H and O–H groups in total. The van der Waals surface area contributed by atoms with E-state index in [0.29, 0.717) is 11.3 Å². The van der Waals surface area contributed by atoms with Crippen LogP contribution in [0.5, 0.6) is 0 Å². The van der Waals surface area contributed by atoms with E-state index in [9.17, 15) is 0 Å². The first kappa shape index (κ1) is 11.4. The van der Waals surface area contributed by atoms with Gasteiger partial charge in [-0.3, -0.25) is 0 Å². The maximum absolute atomic E-state index is 8.97. The molecule has 0 unspecified atom stereocenters. The fourth-order valence-corrected chi connectivity index (χ4v) is 1.80. The lowest BCUT2D eigenvalue weighted by Crippen LogP contribution is -1.98. The zero-order chi connectivity index (χ0) is 12.4. The number of rotatable bonds is 1. The first-order chi connectivity index (χ1) is 8.11. The van der Waals surface area contributed by atoms with Crippen molar-refractivity contribution in [3.8, 4) is 17.3 Å². The molecule has 0 saturated carbocycles. The standard InChI is InChI=1S/C12H9ClN4/c1-7-8(6-14)3-2-4-9(7)10-5-11(13)17-12(15)16-10/h2-5H,1H3,(H2,15,16,17). The van der Waals surface area contributed by atoms with Gasteiger partial charge in [0.1, 0.15) is 5.15 Å². The van der Waals surface area contributed by atoms with Crippen molar-refractivity contribution < 1.29 is 0 Å². The number of benzene rings is 1. The summed E-state index contributed by atoms with van der Waals surface area (Å²) in [5, 5.41) is 9.25. The monoisotopic (exact) mass is 244 g/mol. The first-order valence-electron chi connectivity index (χ1n) is 4.92. The van der Waals surface area contributed by atoms with E-state index in [2.05, 4.69) is 16.0 Å². The predicted octanol–water partition coefficient (Wildman–Crippen LogP) is 2.56. The molecule has 0 aliphatic heterocycles. The molecule has 0 saturated heterocycles. The minimum Gasteiger partial charge on any atom is -0.368 e. The molecule has 0 fully saturated rings. The van der Waals surface area contributed by atoms with E-state index >= 15 is 0 Å². The molecule has 0 amide bonds. The average molecular weight is 245 g/mol. The number of anilines is 1. The molecule has 5 heteroatoms. The van der Waals surface area contributed by atoms with Gasteiger partial charge in [0.25, 0.3) is 0 Å². The van der Waals surface area contributed by atoms with Gasteiger partial charge in [0, 0.05) is 11.6 Å². The molecule has 0 aliphatic carbocycles. The van der Waals surface area contributed by atoms with Gasteiger partial charge in [0.2, 0.25) is 5.95 Å². The second-order valence-corrected chi connectivity index (χ2v) is 3.91. The lowest BCUT2D eigenvalue weighted by molar-refractivity contribution is 1.18. The van der Waals surface area contributed by atoms with Crippen LogP contribution in [-0.4, -0.2) is 9.97 Å². The number of nitriles is 1. The van der Waals surface area contributed by atoms with Gasteiger partial charge in [0.05, 0.1) is 17.3 Å². The summed E-state index contributed by atoms with van der Waals surface area (Å²) in [6.07, 6.45) is 0. The number of nitrogen functional groups attached to an aromatic ring is 1. The van der Waals surface area contributed by atoms with Gasteiger partial charge in [-0.25, -0.2) is 9.97 Å². The third kappa shape index (κ3) is 2.19. The summed E-state index contributed by atoms with van der Waals surface area (Å²) >= 11 is 5.83. The van der Waals surface area contributed by atoms with E-state index in [1.807, 2.05) is 13.0 Å². The Kier molecular flexibility index (Phi) is 2.94. The highest BCUT2D eigenvalue weighted by Gasteiger charge is 2.09. The molecule has 0 spiro atoms. The zero-order valence-corrected chi connectivity index (χ0v) is 9.86. The highest BCUT2D eigenvalue weighted by molar-refractivity contribution is 6.29. The van der Waals surface area contributed by atoms with Gasteiger partial charge in [-0.1, -0.05) is 23.7 Å². The van der Waals surface area contributed by atoms with Crippen molar-refractivity contribution in [3.05, 3.63) is 40.5 Å². The Morgan fingerprint density at radius 3 is 2.76 bits per heavy atom. The third-order valence-corrected chi connectivity index (χ3v) is 2.64. The van der Waals surface area contributed by atoms with Crippen molar-refractivity contribution in [2.75, 3.05) is 5.73 Å². The van der Waals surface area contributed by atoms with Crippen molar-refractivity contribution in [1.29, 1.82) is 5.26 Å². The average Bonchev–Trinajstić information content (AvgIpc) is 2.28. The Morgan fingerprint density at radius 2 is 2.12 bits per heavy atom. The van der Waals surface area contributed by atoms with Crippen molar-refractivity contribution >= 4 is 17.5 Å². The fourth-order valence-electron chi connectivity index (χ4n) is 1.61. The topological polar surface area (TPSA) is 75.6 Å². The van der Waals surface area contributed by atoms with Crippen LogP contribution in [0.25, 0.3) is 11.3 Å². The van der Waals surface area contributed by atoms with Crippen LogP contribution >= 0.6 is 11.6 Å². The van der Waals surface area contributed by atoms with E-state index in [1.54, 1.807) is 18.2 Å².